The van der Waals surface area contributed by atoms with Crippen LogP contribution in [-0.4, -0.2) is 68.4 Å². The van der Waals surface area contributed by atoms with Crippen LogP contribution in [0.5, 0.6) is 0 Å². The maximum absolute atomic E-state index is 12.6. The first-order valence-electron chi connectivity index (χ1n) is 10.8. The molecule has 2 heterocycles. The van der Waals surface area contributed by atoms with Gasteiger partial charge in [0.2, 0.25) is 10.0 Å². The lowest BCUT2D eigenvalue weighted by Crippen LogP contribution is -2.41. The first kappa shape index (κ1) is 23.0. The Bertz CT molecular complexity index is 1170. The minimum atomic E-state index is -3.58. The maximum Gasteiger partial charge on any atom is 0.251 e. The Kier molecular flexibility index (Phi) is 7.38. The third kappa shape index (κ3) is 6.64. The SMILES string of the molecule is O=C(NCCN1CCOCC1)c1cccc(-n2cc(NS(=O)(=O)Cc3ccccc3)cn2)c1. The molecule has 0 radical (unpaired) electrons. The van der Waals surface area contributed by atoms with Gasteiger partial charge in [0.15, 0.2) is 0 Å². The van der Waals surface area contributed by atoms with Crippen LogP contribution in [0.15, 0.2) is 67.0 Å². The number of morpholine rings is 1. The molecular weight excluding hydrogens is 442 g/mol. The molecule has 0 aliphatic carbocycles. The zero-order valence-corrected chi connectivity index (χ0v) is 19.0. The first-order valence-corrected chi connectivity index (χ1v) is 12.4. The van der Waals surface area contributed by atoms with Crippen molar-refractivity contribution in [2.24, 2.45) is 0 Å². The third-order valence-corrected chi connectivity index (χ3v) is 6.51. The van der Waals surface area contributed by atoms with Crippen LogP contribution < -0.4 is 10.0 Å². The van der Waals surface area contributed by atoms with E-state index < -0.39 is 10.0 Å². The van der Waals surface area contributed by atoms with Gasteiger partial charge in [0, 0.05) is 31.7 Å². The number of sulfonamides is 1. The molecule has 1 aromatic heterocycles. The van der Waals surface area contributed by atoms with Crippen molar-refractivity contribution in [3.8, 4) is 5.69 Å². The van der Waals surface area contributed by atoms with Gasteiger partial charge in [-0.1, -0.05) is 36.4 Å². The molecule has 174 valence electrons. The highest BCUT2D eigenvalue weighted by molar-refractivity contribution is 7.91. The van der Waals surface area contributed by atoms with Gasteiger partial charge >= 0.3 is 0 Å². The van der Waals surface area contributed by atoms with Crippen molar-refractivity contribution in [3.05, 3.63) is 78.1 Å². The Labute approximate surface area is 193 Å². The van der Waals surface area contributed by atoms with Crippen LogP contribution >= 0.6 is 0 Å². The fraction of sp³-hybridized carbons (Fsp3) is 0.304. The van der Waals surface area contributed by atoms with Crippen LogP contribution in [0.2, 0.25) is 0 Å². The van der Waals surface area contributed by atoms with Crippen LogP contribution in [0.1, 0.15) is 15.9 Å². The van der Waals surface area contributed by atoms with E-state index in [1.807, 2.05) is 6.07 Å². The number of hydrogen-bond donors (Lipinski definition) is 2. The lowest BCUT2D eigenvalue weighted by atomic mass is 10.2. The minimum Gasteiger partial charge on any atom is -0.379 e. The average molecular weight is 470 g/mol. The van der Waals surface area contributed by atoms with Crippen molar-refractivity contribution in [2.75, 3.05) is 44.1 Å². The molecule has 0 spiro atoms. The fourth-order valence-corrected chi connectivity index (χ4v) is 4.74. The molecule has 1 aliphatic heterocycles. The van der Waals surface area contributed by atoms with Crippen molar-refractivity contribution in [3.63, 3.8) is 0 Å². The largest absolute Gasteiger partial charge is 0.379 e. The number of benzene rings is 2. The third-order valence-electron chi connectivity index (χ3n) is 5.25. The van der Waals surface area contributed by atoms with Crippen molar-refractivity contribution in [1.29, 1.82) is 0 Å². The Hall–Kier alpha value is -3.21. The molecule has 1 aliphatic rings. The molecule has 2 aromatic carbocycles. The zero-order valence-electron chi connectivity index (χ0n) is 18.2. The van der Waals surface area contributed by atoms with E-state index in [-0.39, 0.29) is 11.7 Å². The summed E-state index contributed by atoms with van der Waals surface area (Å²) in [5.41, 5.74) is 2.22. The second-order valence-electron chi connectivity index (χ2n) is 7.78. The molecule has 1 amide bonds. The summed E-state index contributed by atoms with van der Waals surface area (Å²) >= 11 is 0. The van der Waals surface area contributed by atoms with Gasteiger partial charge in [0.05, 0.1) is 42.7 Å². The zero-order chi connectivity index (χ0) is 23.1. The maximum atomic E-state index is 12.6. The lowest BCUT2D eigenvalue weighted by Gasteiger charge is -2.26. The number of carbonyl (C=O) groups is 1. The number of aromatic nitrogens is 2. The highest BCUT2D eigenvalue weighted by Crippen LogP contribution is 2.16. The average Bonchev–Trinajstić information content (AvgIpc) is 3.28. The Morgan fingerprint density at radius 1 is 1.06 bits per heavy atom. The van der Waals surface area contributed by atoms with Crippen LogP contribution in [0.3, 0.4) is 0 Å². The van der Waals surface area contributed by atoms with Gasteiger partial charge in [0.1, 0.15) is 0 Å². The van der Waals surface area contributed by atoms with Crippen molar-refractivity contribution < 1.29 is 17.9 Å². The molecule has 3 aromatic rings. The molecule has 0 bridgehead atoms. The van der Waals surface area contributed by atoms with Gasteiger partial charge in [-0.2, -0.15) is 5.10 Å². The number of amides is 1. The Morgan fingerprint density at radius 3 is 2.64 bits per heavy atom. The highest BCUT2D eigenvalue weighted by atomic mass is 32.2. The summed E-state index contributed by atoms with van der Waals surface area (Å²) < 4.78 is 34.3. The monoisotopic (exact) mass is 469 g/mol. The molecule has 33 heavy (non-hydrogen) atoms. The molecule has 9 nitrogen and oxygen atoms in total. The quantitative estimate of drug-likeness (QED) is 0.496. The second-order valence-corrected chi connectivity index (χ2v) is 9.50. The van der Waals surface area contributed by atoms with Gasteiger partial charge in [-0.3, -0.25) is 14.4 Å². The number of nitrogens with zero attached hydrogens (tertiary/aromatic N) is 3. The molecule has 0 saturated carbocycles. The summed E-state index contributed by atoms with van der Waals surface area (Å²) in [5, 5.41) is 7.18. The molecule has 1 saturated heterocycles. The van der Waals surface area contributed by atoms with Gasteiger partial charge in [0.25, 0.3) is 5.91 Å². The van der Waals surface area contributed by atoms with Crippen LogP contribution in [0.25, 0.3) is 5.69 Å². The molecule has 1 fully saturated rings. The Morgan fingerprint density at radius 2 is 1.85 bits per heavy atom. The Balaban J connectivity index is 1.36. The highest BCUT2D eigenvalue weighted by Gasteiger charge is 2.14. The number of hydrogen-bond acceptors (Lipinski definition) is 6. The molecule has 10 heteroatoms. The van der Waals surface area contributed by atoms with Crippen molar-refractivity contribution in [2.45, 2.75) is 5.75 Å². The summed E-state index contributed by atoms with van der Waals surface area (Å²) in [6.45, 7) is 4.54. The van der Waals surface area contributed by atoms with E-state index in [1.165, 1.54) is 10.9 Å². The molecular formula is C23H27N5O4S. The number of anilines is 1. The number of nitrogens with one attached hydrogen (secondary N) is 2. The van der Waals surface area contributed by atoms with Crippen LogP contribution in [0, 0.1) is 0 Å². The predicted molar refractivity (Wildman–Crippen MR) is 126 cm³/mol. The molecule has 0 unspecified atom stereocenters. The van der Waals surface area contributed by atoms with Crippen molar-refractivity contribution >= 4 is 21.6 Å². The molecule has 4 rings (SSSR count). The van der Waals surface area contributed by atoms with E-state index in [1.54, 1.807) is 54.7 Å². The standard InChI is InChI=1S/C23H27N5O4S/c29-23(24-9-10-27-11-13-32-14-12-27)20-7-4-8-22(15-20)28-17-21(16-25-28)26-33(30,31)18-19-5-2-1-3-6-19/h1-8,15-17,26H,9-14,18H2,(H,24,29). The first-order chi connectivity index (χ1) is 16.0. The smallest absolute Gasteiger partial charge is 0.251 e. The van der Waals surface area contributed by atoms with E-state index in [0.717, 1.165) is 32.8 Å². The van der Waals surface area contributed by atoms with E-state index in [2.05, 4.69) is 20.0 Å². The number of rotatable bonds is 9. The lowest BCUT2D eigenvalue weighted by molar-refractivity contribution is 0.0383. The topological polar surface area (TPSA) is 106 Å². The van der Waals surface area contributed by atoms with E-state index in [4.69, 9.17) is 4.74 Å². The number of ether oxygens (including phenoxy) is 1. The predicted octanol–water partition coefficient (Wildman–Crippen LogP) is 1.88. The van der Waals surface area contributed by atoms with Crippen LogP contribution in [-0.2, 0) is 20.5 Å². The summed E-state index contributed by atoms with van der Waals surface area (Å²) in [6.07, 6.45) is 3.02. The van der Waals surface area contributed by atoms with E-state index in [9.17, 15) is 13.2 Å². The van der Waals surface area contributed by atoms with Gasteiger partial charge in [-0.25, -0.2) is 13.1 Å². The van der Waals surface area contributed by atoms with Gasteiger partial charge in [-0.15, -0.1) is 0 Å². The van der Waals surface area contributed by atoms with E-state index >= 15 is 0 Å². The van der Waals surface area contributed by atoms with Gasteiger partial charge < -0.3 is 10.1 Å². The minimum absolute atomic E-state index is 0.126. The van der Waals surface area contributed by atoms with Crippen molar-refractivity contribution in [1.82, 2.24) is 20.0 Å². The second kappa shape index (κ2) is 10.6. The number of carbonyl (C=O) groups excluding carboxylic acids is 1. The fourth-order valence-electron chi connectivity index (χ4n) is 3.57. The summed E-state index contributed by atoms with van der Waals surface area (Å²) in [5.74, 6) is -0.292. The molecule has 0 atom stereocenters. The summed E-state index contributed by atoms with van der Waals surface area (Å²) in [6, 6.07) is 16.0. The van der Waals surface area contributed by atoms with Gasteiger partial charge in [-0.05, 0) is 23.8 Å². The van der Waals surface area contributed by atoms with E-state index in [0.29, 0.717) is 29.0 Å². The van der Waals surface area contributed by atoms with Crippen LogP contribution in [0.4, 0.5) is 5.69 Å². The summed E-state index contributed by atoms with van der Waals surface area (Å²) in [7, 11) is -3.58. The molecule has 2 N–H and O–H groups in total. The normalized spacial score (nSPS) is 14.7. The summed E-state index contributed by atoms with van der Waals surface area (Å²) in [4.78, 5) is 14.8.